The monoisotopic (exact) mass is 274 g/mol. The number of aromatic hydroxyl groups is 2. The zero-order valence-electron chi connectivity index (χ0n) is 10.8. The number of ketones is 1. The fourth-order valence-corrected chi connectivity index (χ4v) is 1.84. The van der Waals surface area contributed by atoms with Gasteiger partial charge in [-0.05, 0) is 29.8 Å². The average Bonchev–Trinajstić information content (AvgIpc) is 2.46. The predicted octanol–water partition coefficient (Wildman–Crippen LogP) is 1.83. The van der Waals surface area contributed by atoms with Crippen molar-refractivity contribution in [3.63, 3.8) is 0 Å². The maximum atomic E-state index is 12.3. The van der Waals surface area contributed by atoms with Gasteiger partial charge in [0.2, 0.25) is 0 Å². The maximum Gasteiger partial charge on any atom is 0.200 e. The van der Waals surface area contributed by atoms with Crippen LogP contribution in [0.3, 0.4) is 0 Å². The third-order valence-corrected chi connectivity index (χ3v) is 2.94. The third kappa shape index (κ3) is 2.57. The smallest absolute Gasteiger partial charge is 0.200 e. The molecule has 0 spiro atoms. The third-order valence-electron chi connectivity index (χ3n) is 2.94. The van der Waals surface area contributed by atoms with E-state index in [1.54, 1.807) is 6.07 Å². The Kier molecular flexibility index (Phi) is 3.91. The van der Waals surface area contributed by atoms with Gasteiger partial charge in [0.1, 0.15) is 17.2 Å². The molecule has 2 aromatic rings. The van der Waals surface area contributed by atoms with Crippen molar-refractivity contribution in [2.45, 2.75) is 6.61 Å². The topological polar surface area (TPSA) is 87.0 Å². The Hall–Kier alpha value is -2.53. The van der Waals surface area contributed by atoms with E-state index >= 15 is 0 Å². The lowest BCUT2D eigenvalue weighted by Gasteiger charge is -2.08. The van der Waals surface area contributed by atoms with Crippen LogP contribution in [0.4, 0.5) is 0 Å². The molecule has 2 rings (SSSR count). The lowest BCUT2D eigenvalue weighted by atomic mass is 10.00. The van der Waals surface area contributed by atoms with E-state index < -0.39 is 5.78 Å². The van der Waals surface area contributed by atoms with Crippen molar-refractivity contribution < 1.29 is 24.9 Å². The van der Waals surface area contributed by atoms with Gasteiger partial charge in [0.15, 0.2) is 5.78 Å². The summed E-state index contributed by atoms with van der Waals surface area (Å²) < 4.78 is 4.94. The molecule has 0 bridgehead atoms. The van der Waals surface area contributed by atoms with Crippen LogP contribution in [0.25, 0.3) is 0 Å². The first kappa shape index (κ1) is 13.9. The van der Waals surface area contributed by atoms with E-state index in [9.17, 15) is 15.0 Å². The maximum absolute atomic E-state index is 12.3. The standard InChI is InChI=1S/C15H14O5/c1-20-10-3-5-12(14(18)7-10)15(19)11-4-2-9(8-16)6-13(11)17/h2-7,16-18H,8H2,1H3. The molecule has 5 nitrogen and oxygen atoms in total. The highest BCUT2D eigenvalue weighted by atomic mass is 16.5. The quantitative estimate of drug-likeness (QED) is 0.740. The second-order valence-corrected chi connectivity index (χ2v) is 4.22. The highest BCUT2D eigenvalue weighted by Gasteiger charge is 2.17. The molecule has 0 aliphatic rings. The highest BCUT2D eigenvalue weighted by Crippen LogP contribution is 2.28. The molecule has 0 aliphatic carbocycles. The molecule has 0 atom stereocenters. The summed E-state index contributed by atoms with van der Waals surface area (Å²) >= 11 is 0. The molecule has 0 saturated heterocycles. The number of phenols is 2. The molecule has 0 aliphatic heterocycles. The molecule has 0 unspecified atom stereocenters. The average molecular weight is 274 g/mol. The van der Waals surface area contributed by atoms with Gasteiger partial charge in [-0.15, -0.1) is 0 Å². The number of methoxy groups -OCH3 is 1. The summed E-state index contributed by atoms with van der Waals surface area (Å²) in [6.45, 7) is -0.226. The Labute approximate surface area is 115 Å². The van der Waals surface area contributed by atoms with Crippen molar-refractivity contribution >= 4 is 5.78 Å². The fourth-order valence-electron chi connectivity index (χ4n) is 1.84. The van der Waals surface area contributed by atoms with Crippen LogP contribution >= 0.6 is 0 Å². The first-order chi connectivity index (χ1) is 9.56. The first-order valence-corrected chi connectivity index (χ1v) is 5.91. The molecule has 0 heterocycles. The molecular weight excluding hydrogens is 260 g/mol. The summed E-state index contributed by atoms with van der Waals surface area (Å²) in [5.41, 5.74) is 0.624. The van der Waals surface area contributed by atoms with E-state index in [-0.39, 0.29) is 29.2 Å². The molecule has 2 aromatic carbocycles. The number of hydrogen-bond donors (Lipinski definition) is 3. The number of benzene rings is 2. The van der Waals surface area contributed by atoms with Crippen molar-refractivity contribution in [1.29, 1.82) is 0 Å². The van der Waals surface area contributed by atoms with Crippen LogP contribution in [0, 0.1) is 0 Å². The van der Waals surface area contributed by atoms with E-state index in [2.05, 4.69) is 0 Å². The molecule has 3 N–H and O–H groups in total. The van der Waals surface area contributed by atoms with E-state index in [1.165, 1.54) is 37.4 Å². The van der Waals surface area contributed by atoms with E-state index in [4.69, 9.17) is 9.84 Å². The lowest BCUT2D eigenvalue weighted by Crippen LogP contribution is -2.03. The van der Waals surface area contributed by atoms with E-state index in [0.29, 0.717) is 11.3 Å². The van der Waals surface area contributed by atoms with Crippen LogP contribution in [-0.2, 0) is 6.61 Å². The van der Waals surface area contributed by atoms with Gasteiger partial charge < -0.3 is 20.1 Å². The SMILES string of the molecule is COc1ccc(C(=O)c2ccc(CO)cc2O)c(O)c1. The summed E-state index contributed by atoms with van der Waals surface area (Å²) in [7, 11) is 1.45. The van der Waals surface area contributed by atoms with Crippen LogP contribution in [0.15, 0.2) is 36.4 Å². The Morgan fingerprint density at radius 3 is 2.15 bits per heavy atom. The molecular formula is C15H14O5. The number of phenolic OH excluding ortho intramolecular Hbond substituents is 2. The normalized spacial score (nSPS) is 10.3. The molecule has 0 amide bonds. The molecule has 104 valence electrons. The molecule has 0 aromatic heterocycles. The Morgan fingerprint density at radius 1 is 1.05 bits per heavy atom. The number of aliphatic hydroxyl groups is 1. The Morgan fingerprint density at radius 2 is 1.65 bits per heavy atom. The predicted molar refractivity (Wildman–Crippen MR) is 72.1 cm³/mol. The summed E-state index contributed by atoms with van der Waals surface area (Å²) in [5, 5.41) is 28.6. The molecule has 0 radical (unpaired) electrons. The summed E-state index contributed by atoms with van der Waals surface area (Å²) in [6.07, 6.45) is 0. The molecule has 0 saturated carbocycles. The minimum absolute atomic E-state index is 0.0580. The van der Waals surface area contributed by atoms with Crippen LogP contribution in [0.2, 0.25) is 0 Å². The van der Waals surface area contributed by atoms with E-state index in [0.717, 1.165) is 0 Å². The molecule has 0 fully saturated rings. The van der Waals surface area contributed by atoms with Crippen molar-refractivity contribution in [2.75, 3.05) is 7.11 Å². The number of rotatable bonds is 4. The summed E-state index contributed by atoms with van der Waals surface area (Å²) in [6, 6.07) is 8.56. The fraction of sp³-hybridized carbons (Fsp3) is 0.133. The largest absolute Gasteiger partial charge is 0.507 e. The lowest BCUT2D eigenvalue weighted by molar-refractivity contribution is 0.103. The number of ether oxygens (including phenoxy) is 1. The van der Waals surface area contributed by atoms with Gasteiger partial charge >= 0.3 is 0 Å². The van der Waals surface area contributed by atoms with Gasteiger partial charge in [-0.2, -0.15) is 0 Å². The number of carbonyl (C=O) groups excluding carboxylic acids is 1. The molecule has 20 heavy (non-hydrogen) atoms. The van der Waals surface area contributed by atoms with Crippen molar-refractivity contribution in [3.05, 3.63) is 53.1 Å². The van der Waals surface area contributed by atoms with Crippen molar-refractivity contribution in [1.82, 2.24) is 0 Å². The summed E-state index contributed by atoms with van der Waals surface area (Å²) in [5.74, 6) is -0.539. The number of carbonyl (C=O) groups is 1. The zero-order chi connectivity index (χ0) is 14.7. The summed E-state index contributed by atoms with van der Waals surface area (Å²) in [4.78, 5) is 12.3. The second-order valence-electron chi connectivity index (χ2n) is 4.22. The van der Waals surface area contributed by atoms with Crippen molar-refractivity contribution in [3.8, 4) is 17.2 Å². The van der Waals surface area contributed by atoms with Gasteiger partial charge in [0, 0.05) is 6.07 Å². The highest BCUT2D eigenvalue weighted by molar-refractivity contribution is 6.12. The first-order valence-electron chi connectivity index (χ1n) is 5.91. The number of hydrogen-bond acceptors (Lipinski definition) is 5. The van der Waals surface area contributed by atoms with Gasteiger partial charge in [-0.25, -0.2) is 0 Å². The Balaban J connectivity index is 2.41. The van der Waals surface area contributed by atoms with E-state index in [1.807, 2.05) is 0 Å². The van der Waals surface area contributed by atoms with Gasteiger partial charge in [-0.3, -0.25) is 4.79 Å². The van der Waals surface area contributed by atoms with Gasteiger partial charge in [-0.1, -0.05) is 6.07 Å². The van der Waals surface area contributed by atoms with Crippen LogP contribution in [0.5, 0.6) is 17.2 Å². The van der Waals surface area contributed by atoms with Crippen molar-refractivity contribution in [2.24, 2.45) is 0 Å². The van der Waals surface area contributed by atoms with Crippen LogP contribution in [-0.4, -0.2) is 28.2 Å². The molecule has 5 heteroatoms. The Bertz CT molecular complexity index is 593. The second kappa shape index (κ2) is 5.63. The van der Waals surface area contributed by atoms with Gasteiger partial charge in [0.05, 0.1) is 24.8 Å². The van der Waals surface area contributed by atoms with Crippen LogP contribution in [0.1, 0.15) is 21.5 Å². The zero-order valence-corrected chi connectivity index (χ0v) is 10.8. The minimum atomic E-state index is -0.507. The minimum Gasteiger partial charge on any atom is -0.507 e. The van der Waals surface area contributed by atoms with Crippen LogP contribution < -0.4 is 4.74 Å². The van der Waals surface area contributed by atoms with Gasteiger partial charge in [0.25, 0.3) is 0 Å². The number of aliphatic hydroxyl groups excluding tert-OH is 1.